The zero-order chi connectivity index (χ0) is 13.2. The first-order chi connectivity index (χ1) is 9.27. The molecule has 0 aliphatic heterocycles. The van der Waals surface area contributed by atoms with Gasteiger partial charge in [-0.15, -0.1) is 0 Å². The fraction of sp³-hybridized carbons (Fsp3) is 0.0588. The summed E-state index contributed by atoms with van der Waals surface area (Å²) in [4.78, 5) is 0. The lowest BCUT2D eigenvalue weighted by Gasteiger charge is -1.98. The average Bonchev–Trinajstić information content (AvgIpc) is 2.77. The van der Waals surface area contributed by atoms with Crippen molar-refractivity contribution in [3.05, 3.63) is 71.2 Å². The van der Waals surface area contributed by atoms with E-state index in [0.717, 1.165) is 28.2 Å². The zero-order valence-corrected chi connectivity index (χ0v) is 11.3. The van der Waals surface area contributed by atoms with Gasteiger partial charge in [0.2, 0.25) is 0 Å². The van der Waals surface area contributed by atoms with E-state index in [1.807, 2.05) is 67.6 Å². The SMILES string of the molecule is Cc1c(-c2ccccc2)oc(-c2ccccc2)c1Cl. The van der Waals surface area contributed by atoms with Gasteiger partial charge < -0.3 is 4.42 Å². The quantitative estimate of drug-likeness (QED) is 0.592. The Morgan fingerprint density at radius 1 is 0.737 bits per heavy atom. The summed E-state index contributed by atoms with van der Waals surface area (Å²) in [5.41, 5.74) is 3.02. The Morgan fingerprint density at radius 2 is 1.21 bits per heavy atom. The van der Waals surface area contributed by atoms with Crippen LogP contribution in [0.15, 0.2) is 65.1 Å². The summed E-state index contributed by atoms with van der Waals surface area (Å²) in [6.45, 7) is 1.99. The van der Waals surface area contributed by atoms with Crippen LogP contribution < -0.4 is 0 Å². The third-order valence-electron chi connectivity index (χ3n) is 3.15. The highest BCUT2D eigenvalue weighted by Crippen LogP contribution is 2.39. The number of rotatable bonds is 2. The van der Waals surface area contributed by atoms with E-state index in [4.69, 9.17) is 16.0 Å². The topological polar surface area (TPSA) is 13.1 Å². The van der Waals surface area contributed by atoms with Crippen molar-refractivity contribution in [1.29, 1.82) is 0 Å². The molecular weight excluding hydrogens is 256 g/mol. The van der Waals surface area contributed by atoms with Crippen molar-refractivity contribution in [2.75, 3.05) is 0 Å². The molecule has 0 N–H and O–H groups in total. The van der Waals surface area contributed by atoms with Gasteiger partial charge in [0, 0.05) is 16.7 Å². The lowest BCUT2D eigenvalue weighted by molar-refractivity contribution is 0.596. The minimum atomic E-state index is 0.685. The van der Waals surface area contributed by atoms with Crippen LogP contribution in [-0.2, 0) is 0 Å². The predicted molar refractivity (Wildman–Crippen MR) is 79.3 cm³/mol. The molecule has 0 unspecified atom stereocenters. The molecule has 2 aromatic carbocycles. The smallest absolute Gasteiger partial charge is 0.153 e. The molecule has 0 saturated carbocycles. The molecule has 1 nitrogen and oxygen atoms in total. The second-order valence-corrected chi connectivity index (χ2v) is 4.81. The van der Waals surface area contributed by atoms with Crippen LogP contribution in [0.2, 0.25) is 5.02 Å². The molecule has 0 spiro atoms. The van der Waals surface area contributed by atoms with Crippen molar-refractivity contribution in [2.45, 2.75) is 6.92 Å². The Morgan fingerprint density at radius 3 is 1.74 bits per heavy atom. The summed E-state index contributed by atoms with van der Waals surface area (Å²) in [6.07, 6.45) is 0. The van der Waals surface area contributed by atoms with E-state index in [-0.39, 0.29) is 0 Å². The van der Waals surface area contributed by atoms with Crippen LogP contribution >= 0.6 is 11.6 Å². The first kappa shape index (κ1) is 12.1. The van der Waals surface area contributed by atoms with Gasteiger partial charge in [-0.3, -0.25) is 0 Å². The molecule has 0 amide bonds. The molecule has 94 valence electrons. The van der Waals surface area contributed by atoms with E-state index >= 15 is 0 Å². The third kappa shape index (κ3) is 2.18. The van der Waals surface area contributed by atoms with Gasteiger partial charge in [0.15, 0.2) is 5.76 Å². The summed E-state index contributed by atoms with van der Waals surface area (Å²) in [6, 6.07) is 20.0. The van der Waals surface area contributed by atoms with Crippen molar-refractivity contribution in [1.82, 2.24) is 0 Å². The standard InChI is InChI=1S/C17H13ClO/c1-12-15(18)17(14-10-6-3-7-11-14)19-16(12)13-8-4-2-5-9-13/h2-11H,1H3. The largest absolute Gasteiger partial charge is 0.454 e. The van der Waals surface area contributed by atoms with Gasteiger partial charge in [-0.25, -0.2) is 0 Å². The average molecular weight is 269 g/mol. The van der Waals surface area contributed by atoms with Crippen molar-refractivity contribution in [2.24, 2.45) is 0 Å². The van der Waals surface area contributed by atoms with Crippen LogP contribution in [0.1, 0.15) is 5.56 Å². The van der Waals surface area contributed by atoms with E-state index in [1.54, 1.807) is 0 Å². The minimum absolute atomic E-state index is 0.685. The summed E-state index contributed by atoms with van der Waals surface area (Å²) in [5, 5.41) is 0.685. The highest BCUT2D eigenvalue weighted by atomic mass is 35.5. The maximum atomic E-state index is 6.40. The number of hydrogen-bond donors (Lipinski definition) is 0. The molecule has 1 heterocycles. The highest BCUT2D eigenvalue weighted by molar-refractivity contribution is 6.34. The third-order valence-corrected chi connectivity index (χ3v) is 3.60. The number of furan rings is 1. The van der Waals surface area contributed by atoms with Gasteiger partial charge in [0.25, 0.3) is 0 Å². The Balaban J connectivity index is 2.16. The molecule has 19 heavy (non-hydrogen) atoms. The molecule has 1 aromatic heterocycles. The van der Waals surface area contributed by atoms with Crippen LogP contribution in [0.5, 0.6) is 0 Å². The Bertz CT molecular complexity index is 624. The molecule has 3 rings (SSSR count). The molecule has 2 heteroatoms. The van der Waals surface area contributed by atoms with Gasteiger partial charge >= 0.3 is 0 Å². The maximum absolute atomic E-state index is 6.40. The molecule has 0 saturated heterocycles. The maximum Gasteiger partial charge on any atom is 0.153 e. The molecular formula is C17H13ClO. The fourth-order valence-corrected chi connectivity index (χ4v) is 2.37. The summed E-state index contributed by atoms with van der Waals surface area (Å²) in [7, 11) is 0. The molecule has 0 radical (unpaired) electrons. The summed E-state index contributed by atoms with van der Waals surface area (Å²) < 4.78 is 5.99. The van der Waals surface area contributed by atoms with Gasteiger partial charge in [-0.1, -0.05) is 72.3 Å². The van der Waals surface area contributed by atoms with Crippen LogP contribution in [0, 0.1) is 6.92 Å². The van der Waals surface area contributed by atoms with E-state index < -0.39 is 0 Å². The lowest BCUT2D eigenvalue weighted by Crippen LogP contribution is -1.75. The summed E-state index contributed by atoms with van der Waals surface area (Å²) in [5.74, 6) is 1.57. The van der Waals surface area contributed by atoms with E-state index in [2.05, 4.69) is 0 Å². The van der Waals surface area contributed by atoms with Crippen LogP contribution in [0.25, 0.3) is 22.6 Å². The molecule has 0 atom stereocenters. The number of halogens is 1. The highest BCUT2D eigenvalue weighted by Gasteiger charge is 2.17. The van der Waals surface area contributed by atoms with E-state index in [9.17, 15) is 0 Å². The molecule has 0 bridgehead atoms. The molecule has 3 aromatic rings. The van der Waals surface area contributed by atoms with Gasteiger partial charge in [-0.2, -0.15) is 0 Å². The van der Waals surface area contributed by atoms with Crippen molar-refractivity contribution < 1.29 is 4.42 Å². The van der Waals surface area contributed by atoms with Crippen molar-refractivity contribution in [3.8, 4) is 22.6 Å². The second kappa shape index (κ2) is 4.94. The first-order valence-corrected chi connectivity index (χ1v) is 6.55. The molecule has 0 fully saturated rings. The van der Waals surface area contributed by atoms with Crippen molar-refractivity contribution >= 4 is 11.6 Å². The number of benzene rings is 2. The second-order valence-electron chi connectivity index (χ2n) is 4.43. The molecule has 0 aliphatic rings. The predicted octanol–water partition coefficient (Wildman–Crippen LogP) is 5.58. The fourth-order valence-electron chi connectivity index (χ4n) is 2.13. The van der Waals surface area contributed by atoms with Crippen LogP contribution in [-0.4, -0.2) is 0 Å². The Labute approximate surface area is 117 Å². The Hall–Kier alpha value is -1.99. The Kier molecular flexibility index (Phi) is 3.14. The first-order valence-electron chi connectivity index (χ1n) is 6.17. The van der Waals surface area contributed by atoms with Gasteiger partial charge in [0.1, 0.15) is 5.76 Å². The van der Waals surface area contributed by atoms with E-state index in [1.165, 1.54) is 0 Å². The van der Waals surface area contributed by atoms with E-state index in [0.29, 0.717) is 5.02 Å². The van der Waals surface area contributed by atoms with Gasteiger partial charge in [0.05, 0.1) is 5.02 Å². The lowest BCUT2D eigenvalue weighted by atomic mass is 10.1. The monoisotopic (exact) mass is 268 g/mol. The van der Waals surface area contributed by atoms with Gasteiger partial charge in [-0.05, 0) is 6.92 Å². The van der Waals surface area contributed by atoms with Crippen molar-refractivity contribution in [3.63, 3.8) is 0 Å². The van der Waals surface area contributed by atoms with Crippen LogP contribution in [0.3, 0.4) is 0 Å². The minimum Gasteiger partial charge on any atom is -0.454 e. The number of hydrogen-bond acceptors (Lipinski definition) is 1. The molecule has 0 aliphatic carbocycles. The normalized spacial score (nSPS) is 10.6. The summed E-state index contributed by atoms with van der Waals surface area (Å²) >= 11 is 6.40. The zero-order valence-electron chi connectivity index (χ0n) is 10.6. The van der Waals surface area contributed by atoms with Crippen LogP contribution in [0.4, 0.5) is 0 Å².